The molecule has 0 aliphatic heterocycles. The molecule has 0 heterocycles. The van der Waals surface area contributed by atoms with Gasteiger partial charge in [0, 0.05) is 12.3 Å². The van der Waals surface area contributed by atoms with Crippen LogP contribution in [-0.2, 0) is 24.0 Å². The van der Waals surface area contributed by atoms with Crippen molar-refractivity contribution < 1.29 is 34.2 Å². The third kappa shape index (κ3) is 13.7. The second-order valence-corrected chi connectivity index (χ2v) is 6.44. The first kappa shape index (κ1) is 30.1. The lowest BCUT2D eigenvalue weighted by Gasteiger charge is -2.20. The zero-order valence-corrected chi connectivity index (χ0v) is 16.9. The van der Waals surface area contributed by atoms with Crippen LogP contribution in [0.25, 0.3) is 0 Å². The number of aliphatic carboxylic acids is 2. The number of carboxylic acid groups (broad SMARTS) is 2. The van der Waals surface area contributed by atoms with E-state index in [1.807, 2.05) is 0 Å². The molecule has 0 radical (unpaired) electrons. The molecule has 15 heteroatoms. The van der Waals surface area contributed by atoms with Crippen molar-refractivity contribution in [3.8, 4) is 0 Å². The highest BCUT2D eigenvalue weighted by molar-refractivity contribution is 7.80. The lowest BCUT2D eigenvalue weighted by atomic mass is 10.1. The molecule has 0 spiro atoms. The van der Waals surface area contributed by atoms with Gasteiger partial charge in [0.15, 0.2) is 5.96 Å². The summed E-state index contributed by atoms with van der Waals surface area (Å²) in [6.07, 6.45) is -0.126. The predicted octanol–water partition coefficient (Wildman–Crippen LogP) is -3.42. The number of nitrogens with zero attached hydrogens (tertiary/aromatic N) is 1. The molecule has 0 bridgehead atoms. The van der Waals surface area contributed by atoms with Gasteiger partial charge in [-0.1, -0.05) is 7.43 Å². The minimum absolute atomic E-state index is 0. The van der Waals surface area contributed by atoms with Gasteiger partial charge in [-0.25, -0.2) is 4.79 Å². The van der Waals surface area contributed by atoms with E-state index in [1.54, 1.807) is 0 Å². The first-order valence-electron chi connectivity index (χ1n) is 8.71. The molecule has 0 aliphatic carbocycles. The molecule has 14 nitrogen and oxygen atoms in total. The SMILES string of the molecule is C.NC(N)=NCCC[C@H](N)C(=O)NCC(=O)N[C@@H](CC(=O)O)C(=O)N[C@@H](CS)C(=O)O. The Balaban J connectivity index is 0. The number of aliphatic imine (C=N–C) groups is 1. The van der Waals surface area contributed by atoms with Gasteiger partial charge < -0.3 is 43.4 Å². The molecule has 31 heavy (non-hydrogen) atoms. The molecular weight excluding hydrogens is 434 g/mol. The van der Waals surface area contributed by atoms with Crippen molar-refractivity contribution in [1.29, 1.82) is 0 Å². The van der Waals surface area contributed by atoms with Crippen LogP contribution in [0.15, 0.2) is 4.99 Å². The lowest BCUT2D eigenvalue weighted by Crippen LogP contribution is -2.54. The molecule has 0 unspecified atom stereocenters. The smallest absolute Gasteiger partial charge is 0.327 e. The maximum Gasteiger partial charge on any atom is 0.327 e. The summed E-state index contributed by atoms with van der Waals surface area (Å²) in [5.74, 6) is -5.64. The van der Waals surface area contributed by atoms with Crippen LogP contribution in [0.4, 0.5) is 0 Å². The number of carbonyl (C=O) groups excluding carboxylic acids is 3. The summed E-state index contributed by atoms with van der Waals surface area (Å²) in [5, 5.41) is 24.3. The van der Waals surface area contributed by atoms with Crippen molar-refractivity contribution in [3.05, 3.63) is 0 Å². The van der Waals surface area contributed by atoms with Gasteiger partial charge in [-0.05, 0) is 12.8 Å². The molecule has 0 aromatic heterocycles. The summed E-state index contributed by atoms with van der Waals surface area (Å²) in [7, 11) is 0. The van der Waals surface area contributed by atoms with Crippen LogP contribution < -0.4 is 33.2 Å². The van der Waals surface area contributed by atoms with E-state index in [0.717, 1.165) is 0 Å². The Labute approximate surface area is 184 Å². The number of rotatable bonds is 14. The lowest BCUT2D eigenvalue weighted by molar-refractivity contribution is -0.143. The van der Waals surface area contributed by atoms with Gasteiger partial charge in [-0.3, -0.25) is 24.2 Å². The van der Waals surface area contributed by atoms with E-state index < -0.39 is 60.8 Å². The highest BCUT2D eigenvalue weighted by Gasteiger charge is 2.28. The third-order valence-corrected chi connectivity index (χ3v) is 3.92. The number of carbonyl (C=O) groups is 5. The normalized spacial score (nSPS) is 12.8. The second-order valence-electron chi connectivity index (χ2n) is 6.07. The summed E-state index contributed by atoms with van der Waals surface area (Å²) in [6, 6.07) is -3.86. The molecular formula is C16H31N7O7S. The van der Waals surface area contributed by atoms with Crippen molar-refractivity contribution in [2.24, 2.45) is 22.2 Å². The molecule has 0 aliphatic rings. The number of guanidine groups is 1. The minimum Gasteiger partial charge on any atom is -0.481 e. The number of hydrogen-bond donors (Lipinski definition) is 9. The van der Waals surface area contributed by atoms with Crippen LogP contribution in [0.1, 0.15) is 26.7 Å². The number of hydrogen-bond acceptors (Lipinski definition) is 8. The van der Waals surface area contributed by atoms with E-state index in [0.29, 0.717) is 6.42 Å². The molecule has 0 saturated heterocycles. The van der Waals surface area contributed by atoms with E-state index in [1.165, 1.54) is 0 Å². The van der Waals surface area contributed by atoms with Gasteiger partial charge in [0.25, 0.3) is 0 Å². The molecule has 178 valence electrons. The van der Waals surface area contributed by atoms with E-state index in [-0.39, 0.29) is 32.1 Å². The highest BCUT2D eigenvalue weighted by atomic mass is 32.1. The van der Waals surface area contributed by atoms with Crippen molar-refractivity contribution in [2.45, 2.75) is 44.8 Å². The van der Waals surface area contributed by atoms with Crippen LogP contribution >= 0.6 is 12.6 Å². The van der Waals surface area contributed by atoms with Crippen LogP contribution in [0, 0.1) is 0 Å². The molecule has 3 amide bonds. The fourth-order valence-electron chi connectivity index (χ4n) is 2.04. The van der Waals surface area contributed by atoms with Crippen molar-refractivity contribution >= 4 is 48.2 Å². The molecule has 0 aromatic carbocycles. The topological polar surface area (TPSA) is 252 Å². The van der Waals surface area contributed by atoms with Crippen LogP contribution in [0.2, 0.25) is 0 Å². The number of amides is 3. The summed E-state index contributed by atoms with van der Waals surface area (Å²) in [6.45, 7) is -0.293. The number of thiol groups is 1. The van der Waals surface area contributed by atoms with E-state index in [4.69, 9.17) is 27.4 Å². The quantitative estimate of drug-likeness (QED) is 0.0531. The number of nitrogens with two attached hydrogens (primary N) is 3. The van der Waals surface area contributed by atoms with Crippen LogP contribution in [-0.4, -0.2) is 82.8 Å². The van der Waals surface area contributed by atoms with E-state index >= 15 is 0 Å². The van der Waals surface area contributed by atoms with Gasteiger partial charge in [-0.15, -0.1) is 0 Å². The van der Waals surface area contributed by atoms with Crippen molar-refractivity contribution in [1.82, 2.24) is 16.0 Å². The second kappa shape index (κ2) is 15.7. The Morgan fingerprint density at radius 1 is 1.00 bits per heavy atom. The van der Waals surface area contributed by atoms with Crippen molar-refractivity contribution in [2.75, 3.05) is 18.8 Å². The zero-order chi connectivity index (χ0) is 23.3. The maximum atomic E-state index is 12.1. The first-order chi connectivity index (χ1) is 14.0. The Bertz CT molecular complexity index is 671. The molecule has 0 saturated carbocycles. The first-order valence-corrected chi connectivity index (χ1v) is 9.35. The van der Waals surface area contributed by atoms with Gasteiger partial charge in [0.05, 0.1) is 19.0 Å². The monoisotopic (exact) mass is 465 g/mol. The Morgan fingerprint density at radius 2 is 1.61 bits per heavy atom. The standard InChI is InChI=1S/C15H27N7O7S.CH4/c16-7(2-1-3-19-15(17)18)12(26)20-5-10(23)21-8(4-11(24)25)13(27)22-9(6-30)14(28)29;/h7-9,30H,1-6,16H2,(H,20,26)(H,21,23)(H,22,27)(H,24,25)(H,28,29)(H4,17,18,19);1H4/t7-,8-,9-;/m0./s1. The highest BCUT2D eigenvalue weighted by Crippen LogP contribution is 1.98. The number of carboxylic acids is 2. The summed E-state index contributed by atoms with van der Waals surface area (Å²) in [5.41, 5.74) is 16.0. The summed E-state index contributed by atoms with van der Waals surface area (Å²) in [4.78, 5) is 61.6. The largest absolute Gasteiger partial charge is 0.481 e. The maximum absolute atomic E-state index is 12.1. The van der Waals surface area contributed by atoms with E-state index in [2.05, 4.69) is 33.6 Å². The van der Waals surface area contributed by atoms with Crippen molar-refractivity contribution in [3.63, 3.8) is 0 Å². The Hall–Kier alpha value is -3.07. The van der Waals surface area contributed by atoms with Gasteiger partial charge >= 0.3 is 11.9 Å². The summed E-state index contributed by atoms with van der Waals surface area (Å²) >= 11 is 3.78. The fourth-order valence-corrected chi connectivity index (χ4v) is 2.28. The molecule has 0 rings (SSSR count). The molecule has 0 fully saturated rings. The molecule has 11 N–H and O–H groups in total. The fraction of sp³-hybridized carbons (Fsp3) is 0.625. The Morgan fingerprint density at radius 3 is 2.10 bits per heavy atom. The molecule has 0 aromatic rings. The predicted molar refractivity (Wildman–Crippen MR) is 115 cm³/mol. The van der Waals surface area contributed by atoms with Gasteiger partial charge in [0.2, 0.25) is 17.7 Å². The van der Waals surface area contributed by atoms with E-state index in [9.17, 15) is 24.0 Å². The zero-order valence-electron chi connectivity index (χ0n) is 16.0. The molecule has 3 atom stereocenters. The summed E-state index contributed by atoms with van der Waals surface area (Å²) < 4.78 is 0. The van der Waals surface area contributed by atoms with Crippen LogP contribution in [0.5, 0.6) is 0 Å². The van der Waals surface area contributed by atoms with Crippen LogP contribution in [0.3, 0.4) is 0 Å². The third-order valence-electron chi connectivity index (χ3n) is 3.56. The number of nitrogens with one attached hydrogen (secondary N) is 3. The average Bonchev–Trinajstić information content (AvgIpc) is 2.65. The minimum atomic E-state index is -1.55. The van der Waals surface area contributed by atoms with Gasteiger partial charge in [0.1, 0.15) is 12.1 Å². The average molecular weight is 466 g/mol. The van der Waals surface area contributed by atoms with Gasteiger partial charge in [-0.2, -0.15) is 12.6 Å². The Kier molecular flexibility index (Phi) is 15.3.